The molecule has 2 N–H and O–H groups in total. The molecule has 0 saturated carbocycles. The smallest absolute Gasteiger partial charge is 0.197 e. The van der Waals surface area contributed by atoms with E-state index >= 15 is 0 Å². The highest BCUT2D eigenvalue weighted by Crippen LogP contribution is 2.43. The SMILES string of the molecule is Nc1cccc2c1C(=O)c1c(Sc3ccccc3)ccc(Sc3ccccc3)c1C2=O. The maximum absolute atomic E-state index is 13.6. The lowest BCUT2D eigenvalue weighted by molar-refractivity contribution is 0.0975. The molecule has 4 aromatic rings. The number of hydrogen-bond acceptors (Lipinski definition) is 5. The minimum atomic E-state index is -0.198. The summed E-state index contributed by atoms with van der Waals surface area (Å²) in [6.07, 6.45) is 0. The second kappa shape index (κ2) is 8.10. The number of anilines is 1. The number of benzene rings is 4. The maximum Gasteiger partial charge on any atom is 0.197 e. The first-order chi connectivity index (χ1) is 15.1. The normalized spacial score (nSPS) is 12.4. The predicted molar refractivity (Wildman–Crippen MR) is 125 cm³/mol. The topological polar surface area (TPSA) is 60.2 Å². The van der Waals surface area contributed by atoms with Crippen LogP contribution in [0.1, 0.15) is 31.8 Å². The van der Waals surface area contributed by atoms with Crippen molar-refractivity contribution in [3.8, 4) is 0 Å². The molecule has 0 radical (unpaired) electrons. The van der Waals surface area contributed by atoms with Gasteiger partial charge in [-0.15, -0.1) is 0 Å². The summed E-state index contributed by atoms with van der Waals surface area (Å²) in [4.78, 5) is 30.8. The molecule has 0 aliphatic heterocycles. The number of fused-ring (bicyclic) bond motifs is 2. The van der Waals surface area contributed by atoms with Crippen molar-refractivity contribution in [1.82, 2.24) is 0 Å². The second-order valence-electron chi connectivity index (χ2n) is 7.07. The molecule has 31 heavy (non-hydrogen) atoms. The fourth-order valence-electron chi connectivity index (χ4n) is 3.69. The Hall–Kier alpha value is -3.28. The number of hydrogen-bond donors (Lipinski definition) is 1. The molecule has 1 aliphatic carbocycles. The standard InChI is InChI=1S/C26H17NO2S2/c27-19-13-7-12-18-22(19)26(29)24-21(31-17-10-5-2-6-11-17)15-14-20(23(24)25(18)28)30-16-8-3-1-4-9-16/h1-15H,27H2. The van der Waals surface area contributed by atoms with Crippen LogP contribution in [0.15, 0.2) is 111 Å². The summed E-state index contributed by atoms with van der Waals surface area (Å²) < 4.78 is 0. The van der Waals surface area contributed by atoms with Gasteiger partial charge >= 0.3 is 0 Å². The van der Waals surface area contributed by atoms with Crippen LogP contribution < -0.4 is 5.73 Å². The molecular formula is C26H17NO2S2. The third-order valence-electron chi connectivity index (χ3n) is 5.09. The summed E-state index contributed by atoms with van der Waals surface area (Å²) >= 11 is 2.97. The minimum Gasteiger partial charge on any atom is -0.398 e. The van der Waals surface area contributed by atoms with Crippen LogP contribution in [0.25, 0.3) is 0 Å². The molecule has 0 atom stereocenters. The van der Waals surface area contributed by atoms with Gasteiger partial charge in [0.25, 0.3) is 0 Å². The molecule has 0 bridgehead atoms. The third kappa shape index (κ3) is 3.56. The summed E-state index contributed by atoms with van der Waals surface area (Å²) in [6, 6.07) is 28.6. The van der Waals surface area contributed by atoms with E-state index in [9.17, 15) is 9.59 Å². The molecule has 0 spiro atoms. The highest BCUT2D eigenvalue weighted by atomic mass is 32.2. The number of ketones is 2. The van der Waals surface area contributed by atoms with Crippen LogP contribution in [0.5, 0.6) is 0 Å². The summed E-state index contributed by atoms with van der Waals surface area (Å²) in [5, 5.41) is 0. The molecule has 0 amide bonds. The summed E-state index contributed by atoms with van der Waals surface area (Å²) in [5.74, 6) is -0.359. The Morgan fingerprint density at radius 2 is 1.03 bits per heavy atom. The van der Waals surface area contributed by atoms with E-state index in [2.05, 4.69) is 0 Å². The fraction of sp³-hybridized carbons (Fsp3) is 0. The monoisotopic (exact) mass is 439 g/mol. The van der Waals surface area contributed by atoms with Crippen molar-refractivity contribution in [3.63, 3.8) is 0 Å². The number of carbonyl (C=O) groups is 2. The maximum atomic E-state index is 13.6. The highest BCUT2D eigenvalue weighted by Gasteiger charge is 2.35. The van der Waals surface area contributed by atoms with Gasteiger partial charge in [0.05, 0.1) is 5.56 Å². The van der Waals surface area contributed by atoms with Crippen LogP contribution >= 0.6 is 23.5 Å². The number of rotatable bonds is 4. The minimum absolute atomic E-state index is 0.161. The Balaban J connectivity index is 1.71. The van der Waals surface area contributed by atoms with Gasteiger partial charge < -0.3 is 5.73 Å². The average molecular weight is 440 g/mol. The van der Waals surface area contributed by atoms with Gasteiger partial charge in [-0.05, 0) is 42.5 Å². The molecule has 0 fully saturated rings. The van der Waals surface area contributed by atoms with Gasteiger partial charge in [-0.25, -0.2) is 0 Å². The summed E-state index contributed by atoms with van der Waals surface area (Å²) in [5.41, 5.74) is 8.03. The van der Waals surface area contributed by atoms with Gasteiger partial charge in [0.2, 0.25) is 0 Å². The molecule has 5 heteroatoms. The largest absolute Gasteiger partial charge is 0.398 e. The lowest BCUT2D eigenvalue weighted by Crippen LogP contribution is -2.24. The first kappa shape index (κ1) is 19.7. The molecule has 3 nitrogen and oxygen atoms in total. The van der Waals surface area contributed by atoms with Gasteiger partial charge in [-0.1, -0.05) is 72.1 Å². The lowest BCUT2D eigenvalue weighted by atomic mass is 9.83. The summed E-state index contributed by atoms with van der Waals surface area (Å²) in [7, 11) is 0. The van der Waals surface area contributed by atoms with E-state index in [1.807, 2.05) is 72.8 Å². The van der Waals surface area contributed by atoms with Crippen LogP contribution in [0.4, 0.5) is 5.69 Å². The van der Waals surface area contributed by atoms with E-state index in [0.717, 1.165) is 19.6 Å². The summed E-state index contributed by atoms with van der Waals surface area (Å²) in [6.45, 7) is 0. The van der Waals surface area contributed by atoms with E-state index in [0.29, 0.717) is 27.9 Å². The first-order valence-corrected chi connectivity index (χ1v) is 11.4. The third-order valence-corrected chi connectivity index (χ3v) is 7.23. The molecule has 0 unspecified atom stereocenters. The Labute approximate surface area is 188 Å². The van der Waals surface area contributed by atoms with Crippen molar-refractivity contribution in [2.75, 3.05) is 5.73 Å². The zero-order chi connectivity index (χ0) is 21.4. The molecule has 5 rings (SSSR count). The average Bonchev–Trinajstić information content (AvgIpc) is 2.79. The van der Waals surface area contributed by atoms with Crippen molar-refractivity contribution in [2.24, 2.45) is 0 Å². The van der Waals surface area contributed by atoms with Crippen LogP contribution in [-0.4, -0.2) is 11.6 Å². The van der Waals surface area contributed by atoms with Crippen LogP contribution in [-0.2, 0) is 0 Å². The van der Waals surface area contributed by atoms with Crippen LogP contribution in [0.2, 0.25) is 0 Å². The van der Waals surface area contributed by atoms with E-state index in [-0.39, 0.29) is 11.6 Å². The second-order valence-corrected chi connectivity index (χ2v) is 9.30. The van der Waals surface area contributed by atoms with Crippen molar-refractivity contribution in [2.45, 2.75) is 19.6 Å². The van der Waals surface area contributed by atoms with Crippen molar-refractivity contribution in [3.05, 3.63) is 113 Å². The molecule has 0 heterocycles. The Morgan fingerprint density at radius 1 is 0.516 bits per heavy atom. The van der Waals surface area contributed by atoms with Gasteiger partial charge in [0.1, 0.15) is 0 Å². The van der Waals surface area contributed by atoms with E-state index in [4.69, 9.17) is 5.73 Å². The van der Waals surface area contributed by atoms with E-state index < -0.39 is 0 Å². The Bertz CT molecular complexity index is 1320. The van der Waals surface area contributed by atoms with Gasteiger partial charge in [-0.2, -0.15) is 0 Å². The zero-order valence-electron chi connectivity index (χ0n) is 16.4. The first-order valence-electron chi connectivity index (χ1n) is 9.74. The van der Waals surface area contributed by atoms with E-state index in [1.54, 1.807) is 18.2 Å². The van der Waals surface area contributed by atoms with Crippen molar-refractivity contribution >= 4 is 40.8 Å². The Morgan fingerprint density at radius 3 is 1.58 bits per heavy atom. The molecule has 1 aliphatic rings. The number of nitrogens with two attached hydrogens (primary N) is 1. The molecule has 0 aromatic heterocycles. The zero-order valence-corrected chi connectivity index (χ0v) is 18.0. The lowest BCUT2D eigenvalue weighted by Gasteiger charge is -2.23. The molecule has 150 valence electrons. The van der Waals surface area contributed by atoms with Gasteiger partial charge in [0, 0.05) is 42.0 Å². The highest BCUT2D eigenvalue weighted by molar-refractivity contribution is 8.00. The Kier molecular flexibility index (Phi) is 5.14. The van der Waals surface area contributed by atoms with Gasteiger partial charge in [-0.3, -0.25) is 9.59 Å². The van der Waals surface area contributed by atoms with Crippen LogP contribution in [0.3, 0.4) is 0 Å². The van der Waals surface area contributed by atoms with Crippen molar-refractivity contribution in [1.29, 1.82) is 0 Å². The van der Waals surface area contributed by atoms with Gasteiger partial charge in [0.15, 0.2) is 11.6 Å². The predicted octanol–water partition coefficient (Wildman–Crippen LogP) is 6.35. The van der Waals surface area contributed by atoms with E-state index in [1.165, 1.54) is 23.5 Å². The number of carbonyl (C=O) groups excluding carboxylic acids is 2. The van der Waals surface area contributed by atoms with Crippen LogP contribution in [0, 0.1) is 0 Å². The quantitative estimate of drug-likeness (QED) is 0.331. The molecule has 4 aromatic carbocycles. The van der Waals surface area contributed by atoms with Crippen molar-refractivity contribution < 1.29 is 9.59 Å². The number of nitrogen functional groups attached to an aromatic ring is 1. The molecular weight excluding hydrogens is 422 g/mol. The fourth-order valence-corrected chi connectivity index (χ4v) is 5.65. The molecule has 0 saturated heterocycles.